The number of hydrogen-bond acceptors (Lipinski definition) is 4. The number of carboxylic acid groups (broad SMARTS) is 1. The van der Waals surface area contributed by atoms with Crippen molar-refractivity contribution in [3.63, 3.8) is 0 Å². The van der Waals surface area contributed by atoms with Gasteiger partial charge in [-0.15, -0.1) is 0 Å². The van der Waals surface area contributed by atoms with E-state index in [1.54, 1.807) is 14.0 Å². The van der Waals surface area contributed by atoms with Crippen molar-refractivity contribution in [2.75, 3.05) is 20.6 Å². The summed E-state index contributed by atoms with van der Waals surface area (Å²) in [5.41, 5.74) is -0.290. The lowest BCUT2D eigenvalue weighted by molar-refractivity contribution is -0.141. The number of likely N-dealkylation sites (tertiary alicyclic amines) is 1. The summed E-state index contributed by atoms with van der Waals surface area (Å²) in [5.74, 6) is -1.36. The van der Waals surface area contributed by atoms with Gasteiger partial charge in [0.15, 0.2) is 0 Å². The maximum Gasteiger partial charge on any atom is 0.331 e. The molecule has 0 aromatic rings. The van der Waals surface area contributed by atoms with Crippen molar-refractivity contribution >= 4 is 17.8 Å². The van der Waals surface area contributed by atoms with Gasteiger partial charge < -0.3 is 15.3 Å². The van der Waals surface area contributed by atoms with E-state index in [0.29, 0.717) is 0 Å². The van der Waals surface area contributed by atoms with Crippen LogP contribution in [-0.2, 0) is 14.4 Å². The quantitative estimate of drug-likeness (QED) is 0.686. The molecule has 0 saturated carbocycles. The second-order valence-electron chi connectivity index (χ2n) is 8.64. The zero-order chi connectivity index (χ0) is 20.9. The van der Waals surface area contributed by atoms with Gasteiger partial charge in [-0.1, -0.05) is 33.3 Å². The Balaban J connectivity index is 2.95. The SMILES string of the molecule is CC(=C[C@H](C)N(C)C(=O)[C@@H](NC(=O)C1CCCCN1C)C(C)(C)C)C(=O)O. The van der Waals surface area contributed by atoms with Gasteiger partial charge in [-0.25, -0.2) is 4.79 Å². The molecule has 1 aliphatic rings. The monoisotopic (exact) mass is 381 g/mol. The van der Waals surface area contributed by atoms with Crippen LogP contribution in [0.4, 0.5) is 0 Å². The van der Waals surface area contributed by atoms with Crippen molar-refractivity contribution < 1.29 is 19.5 Å². The minimum Gasteiger partial charge on any atom is -0.478 e. The molecule has 1 unspecified atom stereocenters. The molecule has 3 atom stereocenters. The van der Waals surface area contributed by atoms with Crippen LogP contribution < -0.4 is 5.32 Å². The Bertz CT molecular complexity index is 595. The summed E-state index contributed by atoms with van der Waals surface area (Å²) < 4.78 is 0. The second-order valence-corrected chi connectivity index (χ2v) is 8.64. The third kappa shape index (κ3) is 6.34. The number of likely N-dealkylation sites (N-methyl/N-ethyl adjacent to an activating group) is 2. The predicted molar refractivity (Wildman–Crippen MR) is 105 cm³/mol. The van der Waals surface area contributed by atoms with Crippen LogP contribution in [0.25, 0.3) is 0 Å². The van der Waals surface area contributed by atoms with Crippen LogP contribution >= 0.6 is 0 Å². The lowest BCUT2D eigenvalue weighted by atomic mass is 9.85. The molecule has 0 radical (unpaired) electrons. The van der Waals surface area contributed by atoms with Crippen molar-refractivity contribution in [2.45, 2.75) is 72.0 Å². The highest BCUT2D eigenvalue weighted by molar-refractivity contribution is 5.91. The number of piperidine rings is 1. The maximum absolute atomic E-state index is 13.1. The fourth-order valence-corrected chi connectivity index (χ4v) is 3.24. The van der Waals surface area contributed by atoms with E-state index >= 15 is 0 Å². The van der Waals surface area contributed by atoms with E-state index in [4.69, 9.17) is 5.11 Å². The lowest BCUT2D eigenvalue weighted by Gasteiger charge is -2.38. The van der Waals surface area contributed by atoms with Gasteiger partial charge in [0.1, 0.15) is 6.04 Å². The van der Waals surface area contributed by atoms with E-state index in [0.717, 1.165) is 25.8 Å². The number of hydrogen-bond donors (Lipinski definition) is 2. The number of aliphatic carboxylic acids is 1. The number of rotatable bonds is 6. The van der Waals surface area contributed by atoms with Crippen molar-refractivity contribution in [3.05, 3.63) is 11.6 Å². The Labute approximate surface area is 162 Å². The van der Waals surface area contributed by atoms with Crippen LogP contribution in [0.15, 0.2) is 11.6 Å². The van der Waals surface area contributed by atoms with E-state index in [2.05, 4.69) is 5.32 Å². The summed E-state index contributed by atoms with van der Waals surface area (Å²) in [7, 11) is 3.57. The average Bonchev–Trinajstić information content (AvgIpc) is 2.57. The molecule has 2 N–H and O–H groups in total. The normalized spacial score (nSPS) is 21.3. The van der Waals surface area contributed by atoms with Gasteiger partial charge in [0.05, 0.1) is 6.04 Å². The summed E-state index contributed by atoms with van der Waals surface area (Å²) in [5, 5.41) is 12.0. The van der Waals surface area contributed by atoms with Crippen LogP contribution in [0.1, 0.15) is 53.9 Å². The Morgan fingerprint density at radius 1 is 1.26 bits per heavy atom. The number of carbonyl (C=O) groups is 3. The summed E-state index contributed by atoms with van der Waals surface area (Å²) in [4.78, 5) is 40.5. The van der Waals surface area contributed by atoms with Crippen LogP contribution in [-0.4, -0.2) is 71.5 Å². The molecule has 27 heavy (non-hydrogen) atoms. The summed E-state index contributed by atoms with van der Waals surface area (Å²) >= 11 is 0. The van der Waals surface area contributed by atoms with Crippen LogP contribution in [0.2, 0.25) is 0 Å². The van der Waals surface area contributed by atoms with Gasteiger partial charge in [-0.2, -0.15) is 0 Å². The maximum atomic E-state index is 13.1. The Morgan fingerprint density at radius 3 is 2.33 bits per heavy atom. The summed E-state index contributed by atoms with van der Waals surface area (Å²) in [6.45, 7) is 9.88. The zero-order valence-corrected chi connectivity index (χ0v) is 17.7. The molecule has 0 spiro atoms. The van der Waals surface area contributed by atoms with Gasteiger partial charge in [0, 0.05) is 18.7 Å². The molecule has 0 aromatic heterocycles. The zero-order valence-electron chi connectivity index (χ0n) is 17.7. The van der Waals surface area contributed by atoms with Gasteiger partial charge in [-0.3, -0.25) is 14.5 Å². The third-order valence-electron chi connectivity index (χ3n) is 5.26. The minimum absolute atomic E-state index is 0.121. The van der Waals surface area contributed by atoms with Gasteiger partial charge in [-0.05, 0) is 45.7 Å². The first-order chi connectivity index (χ1) is 12.4. The number of nitrogens with one attached hydrogen (secondary N) is 1. The molecule has 7 nitrogen and oxygen atoms in total. The Hall–Kier alpha value is -1.89. The highest BCUT2D eigenvalue weighted by Gasteiger charge is 2.38. The van der Waals surface area contributed by atoms with Crippen molar-refractivity contribution in [1.82, 2.24) is 15.1 Å². The van der Waals surface area contributed by atoms with E-state index in [1.165, 1.54) is 17.9 Å². The van der Waals surface area contributed by atoms with Crippen LogP contribution in [0, 0.1) is 5.41 Å². The topological polar surface area (TPSA) is 90.0 Å². The van der Waals surface area contributed by atoms with Crippen molar-refractivity contribution in [3.8, 4) is 0 Å². The smallest absolute Gasteiger partial charge is 0.331 e. The number of nitrogens with zero attached hydrogens (tertiary/aromatic N) is 2. The summed E-state index contributed by atoms with van der Waals surface area (Å²) in [6, 6.07) is -1.30. The molecule has 7 heteroatoms. The first-order valence-electron chi connectivity index (χ1n) is 9.55. The predicted octanol–water partition coefficient (Wildman–Crippen LogP) is 1.88. The molecule has 1 heterocycles. The largest absolute Gasteiger partial charge is 0.478 e. The van der Waals surface area contributed by atoms with E-state index in [1.807, 2.05) is 32.7 Å². The molecular formula is C20H35N3O4. The number of amides is 2. The molecule has 2 amide bonds. The fraction of sp³-hybridized carbons (Fsp3) is 0.750. The van der Waals surface area contributed by atoms with E-state index in [9.17, 15) is 14.4 Å². The molecular weight excluding hydrogens is 346 g/mol. The highest BCUT2D eigenvalue weighted by Crippen LogP contribution is 2.23. The minimum atomic E-state index is -1.01. The number of carbonyl (C=O) groups excluding carboxylic acids is 2. The molecule has 1 aliphatic heterocycles. The molecule has 1 saturated heterocycles. The average molecular weight is 382 g/mol. The molecule has 1 fully saturated rings. The summed E-state index contributed by atoms with van der Waals surface area (Å²) in [6.07, 6.45) is 4.42. The van der Waals surface area contributed by atoms with Gasteiger partial charge in [0.2, 0.25) is 11.8 Å². The number of carboxylic acids is 1. The van der Waals surface area contributed by atoms with Crippen LogP contribution in [0.3, 0.4) is 0 Å². The lowest BCUT2D eigenvalue weighted by Crippen LogP contribution is -2.59. The Morgan fingerprint density at radius 2 is 1.85 bits per heavy atom. The van der Waals surface area contributed by atoms with Crippen LogP contribution in [0.5, 0.6) is 0 Å². The first-order valence-corrected chi connectivity index (χ1v) is 9.55. The third-order valence-corrected chi connectivity index (χ3v) is 5.26. The molecule has 0 aromatic carbocycles. The van der Waals surface area contributed by atoms with Gasteiger partial charge in [0.25, 0.3) is 0 Å². The molecule has 154 valence electrons. The van der Waals surface area contributed by atoms with Gasteiger partial charge >= 0.3 is 5.97 Å². The molecule has 0 bridgehead atoms. The fourth-order valence-electron chi connectivity index (χ4n) is 3.24. The van der Waals surface area contributed by atoms with E-state index in [-0.39, 0.29) is 23.4 Å². The first kappa shape index (κ1) is 23.1. The molecule has 0 aliphatic carbocycles. The van der Waals surface area contributed by atoms with Crippen molar-refractivity contribution in [2.24, 2.45) is 5.41 Å². The molecule has 1 rings (SSSR count). The second kappa shape index (κ2) is 9.35. The Kier molecular flexibility index (Phi) is 8.02. The van der Waals surface area contributed by atoms with E-state index < -0.39 is 23.5 Å². The standard InChI is InChI=1S/C20H35N3O4/c1-13(19(26)27)12-14(2)23(7)18(25)16(20(3,4)5)21-17(24)15-10-8-9-11-22(15)6/h12,14-16H,8-11H2,1-7H3,(H,21,24)(H,26,27)/t14-,15?,16+/m0/s1. The van der Waals surface area contributed by atoms with Crippen molar-refractivity contribution in [1.29, 1.82) is 0 Å². The highest BCUT2D eigenvalue weighted by atomic mass is 16.4.